The first kappa shape index (κ1) is 14.4. The summed E-state index contributed by atoms with van der Waals surface area (Å²) in [5, 5.41) is 4.95. The fourth-order valence-corrected chi connectivity index (χ4v) is 3.13. The maximum atomic E-state index is 6.29. The summed E-state index contributed by atoms with van der Waals surface area (Å²) < 4.78 is 4.02. The SMILES string of the molecule is Cc1ccc(CC(N)c2snnc2C(C)C)c(Cl)c1. The van der Waals surface area contributed by atoms with Gasteiger partial charge in [0.1, 0.15) is 0 Å². The Bertz CT molecular complexity index is 566. The molecule has 0 aliphatic heterocycles. The number of aryl methyl sites for hydroxylation is 1. The average Bonchev–Trinajstić information content (AvgIpc) is 2.82. The molecule has 0 saturated heterocycles. The Kier molecular flexibility index (Phi) is 4.55. The first-order chi connectivity index (χ1) is 8.99. The Hall–Kier alpha value is -0.970. The Labute approximate surface area is 123 Å². The van der Waals surface area contributed by atoms with Gasteiger partial charge >= 0.3 is 0 Å². The number of benzene rings is 1. The molecule has 0 spiro atoms. The average molecular weight is 296 g/mol. The molecular formula is C14H18ClN3S. The van der Waals surface area contributed by atoms with E-state index in [2.05, 4.69) is 29.5 Å². The standard InChI is InChI=1S/C14H18ClN3S/c1-8(2)13-14(19-18-17-13)12(16)7-10-5-4-9(3)6-11(10)15/h4-6,8,12H,7,16H2,1-3H3. The van der Waals surface area contributed by atoms with Crippen molar-refractivity contribution >= 4 is 23.1 Å². The van der Waals surface area contributed by atoms with Gasteiger partial charge in [-0.1, -0.05) is 42.1 Å². The van der Waals surface area contributed by atoms with Crippen LogP contribution in [0.3, 0.4) is 0 Å². The molecule has 0 aliphatic rings. The van der Waals surface area contributed by atoms with Gasteiger partial charge in [0.05, 0.1) is 10.6 Å². The van der Waals surface area contributed by atoms with Crippen molar-refractivity contribution in [3.8, 4) is 0 Å². The molecular weight excluding hydrogens is 278 g/mol. The minimum Gasteiger partial charge on any atom is -0.323 e. The van der Waals surface area contributed by atoms with Crippen LogP contribution in [-0.2, 0) is 6.42 Å². The van der Waals surface area contributed by atoms with Gasteiger partial charge < -0.3 is 5.73 Å². The molecule has 0 radical (unpaired) electrons. The fraction of sp³-hybridized carbons (Fsp3) is 0.429. The minimum atomic E-state index is -0.0994. The van der Waals surface area contributed by atoms with Crippen LogP contribution in [0.5, 0.6) is 0 Å². The highest BCUT2D eigenvalue weighted by Gasteiger charge is 2.19. The molecule has 1 unspecified atom stereocenters. The van der Waals surface area contributed by atoms with Crippen molar-refractivity contribution in [2.24, 2.45) is 5.73 Å². The summed E-state index contributed by atoms with van der Waals surface area (Å²) in [6.07, 6.45) is 0.711. The Balaban J connectivity index is 2.21. The third kappa shape index (κ3) is 3.32. The van der Waals surface area contributed by atoms with E-state index < -0.39 is 0 Å². The fourth-order valence-electron chi connectivity index (χ4n) is 2.01. The van der Waals surface area contributed by atoms with Crippen molar-refractivity contribution in [2.45, 2.75) is 39.2 Å². The van der Waals surface area contributed by atoms with E-state index in [1.165, 1.54) is 11.5 Å². The van der Waals surface area contributed by atoms with Crippen molar-refractivity contribution in [3.05, 3.63) is 44.9 Å². The van der Waals surface area contributed by atoms with Crippen LogP contribution < -0.4 is 5.73 Å². The molecule has 2 aromatic rings. The second kappa shape index (κ2) is 5.99. The van der Waals surface area contributed by atoms with Crippen LogP contribution in [0.25, 0.3) is 0 Å². The molecule has 2 N–H and O–H groups in total. The maximum Gasteiger partial charge on any atom is 0.0829 e. The van der Waals surface area contributed by atoms with E-state index in [1.54, 1.807) is 0 Å². The zero-order chi connectivity index (χ0) is 14.0. The van der Waals surface area contributed by atoms with Crippen molar-refractivity contribution in [1.29, 1.82) is 0 Å². The van der Waals surface area contributed by atoms with Crippen molar-refractivity contribution < 1.29 is 0 Å². The molecule has 1 heterocycles. The summed E-state index contributed by atoms with van der Waals surface area (Å²) in [5.74, 6) is 0.341. The van der Waals surface area contributed by atoms with Gasteiger partial charge in [-0.05, 0) is 48.0 Å². The molecule has 19 heavy (non-hydrogen) atoms. The van der Waals surface area contributed by atoms with Crippen LogP contribution in [-0.4, -0.2) is 9.59 Å². The molecule has 102 valence electrons. The summed E-state index contributed by atoms with van der Waals surface area (Å²) in [6, 6.07) is 5.97. The largest absolute Gasteiger partial charge is 0.323 e. The van der Waals surface area contributed by atoms with Crippen molar-refractivity contribution in [3.63, 3.8) is 0 Å². The van der Waals surface area contributed by atoms with Crippen molar-refractivity contribution in [2.75, 3.05) is 0 Å². The summed E-state index contributed by atoms with van der Waals surface area (Å²) in [6.45, 7) is 6.23. The molecule has 0 saturated carbocycles. The molecule has 0 aliphatic carbocycles. The maximum absolute atomic E-state index is 6.29. The molecule has 1 atom stereocenters. The monoisotopic (exact) mass is 295 g/mol. The summed E-state index contributed by atoms with van der Waals surface area (Å²) in [7, 11) is 0. The first-order valence-corrected chi connectivity index (χ1v) is 7.47. The quantitative estimate of drug-likeness (QED) is 0.931. The molecule has 5 heteroatoms. The molecule has 1 aromatic heterocycles. The van der Waals surface area contributed by atoms with E-state index in [9.17, 15) is 0 Å². The highest BCUT2D eigenvalue weighted by molar-refractivity contribution is 7.05. The molecule has 1 aromatic carbocycles. The van der Waals surface area contributed by atoms with Gasteiger partial charge in [-0.2, -0.15) is 0 Å². The predicted octanol–water partition coefficient (Wildman–Crippen LogP) is 3.87. The smallest absolute Gasteiger partial charge is 0.0829 e. The third-order valence-corrected chi connectivity index (χ3v) is 4.30. The zero-order valence-corrected chi connectivity index (χ0v) is 12.9. The summed E-state index contributed by atoms with van der Waals surface area (Å²) in [5.41, 5.74) is 9.52. The first-order valence-electron chi connectivity index (χ1n) is 6.31. The van der Waals surface area contributed by atoms with Crippen LogP contribution in [0.1, 0.15) is 47.5 Å². The van der Waals surface area contributed by atoms with Gasteiger partial charge in [0.2, 0.25) is 0 Å². The van der Waals surface area contributed by atoms with E-state index in [-0.39, 0.29) is 6.04 Å². The lowest BCUT2D eigenvalue weighted by Gasteiger charge is -2.13. The topological polar surface area (TPSA) is 51.8 Å². The number of hydrogen-bond donors (Lipinski definition) is 1. The van der Waals surface area contributed by atoms with Crippen LogP contribution in [0.15, 0.2) is 18.2 Å². The number of nitrogens with two attached hydrogens (primary N) is 1. The van der Waals surface area contributed by atoms with Crippen LogP contribution in [0.4, 0.5) is 0 Å². The van der Waals surface area contributed by atoms with E-state index in [0.29, 0.717) is 12.3 Å². The summed E-state index contributed by atoms with van der Waals surface area (Å²) in [4.78, 5) is 1.06. The lowest BCUT2D eigenvalue weighted by molar-refractivity contribution is 0.700. The minimum absolute atomic E-state index is 0.0994. The second-order valence-corrected chi connectivity index (χ2v) is 6.28. The van der Waals surface area contributed by atoms with Gasteiger partial charge in [-0.25, -0.2) is 0 Å². The lowest BCUT2D eigenvalue weighted by Crippen LogP contribution is -2.14. The van der Waals surface area contributed by atoms with Crippen LogP contribution in [0.2, 0.25) is 5.02 Å². The van der Waals surface area contributed by atoms with Gasteiger partial charge in [0.15, 0.2) is 0 Å². The zero-order valence-electron chi connectivity index (χ0n) is 11.4. The number of aromatic nitrogens is 2. The molecule has 2 rings (SSSR count). The highest BCUT2D eigenvalue weighted by atomic mass is 35.5. The van der Waals surface area contributed by atoms with Gasteiger partial charge in [0.25, 0.3) is 0 Å². The number of rotatable bonds is 4. The van der Waals surface area contributed by atoms with E-state index >= 15 is 0 Å². The summed E-state index contributed by atoms with van der Waals surface area (Å²) >= 11 is 7.64. The van der Waals surface area contributed by atoms with Gasteiger partial charge in [0, 0.05) is 11.1 Å². The second-order valence-electron chi connectivity index (χ2n) is 5.08. The van der Waals surface area contributed by atoms with Gasteiger partial charge in [-0.3, -0.25) is 0 Å². The number of nitrogens with zero attached hydrogens (tertiary/aromatic N) is 2. The Morgan fingerprint density at radius 1 is 1.37 bits per heavy atom. The normalized spacial score (nSPS) is 12.9. The van der Waals surface area contributed by atoms with E-state index in [4.69, 9.17) is 17.3 Å². The number of hydrogen-bond acceptors (Lipinski definition) is 4. The predicted molar refractivity (Wildman–Crippen MR) is 80.8 cm³/mol. The van der Waals surface area contributed by atoms with Crippen LogP contribution in [0, 0.1) is 6.92 Å². The number of halogens is 1. The lowest BCUT2D eigenvalue weighted by atomic mass is 10.00. The molecule has 3 nitrogen and oxygen atoms in total. The Morgan fingerprint density at radius 2 is 2.11 bits per heavy atom. The highest BCUT2D eigenvalue weighted by Crippen LogP contribution is 2.29. The third-order valence-electron chi connectivity index (χ3n) is 3.07. The molecule has 0 amide bonds. The van der Waals surface area contributed by atoms with E-state index in [1.807, 2.05) is 19.1 Å². The van der Waals surface area contributed by atoms with Crippen molar-refractivity contribution in [1.82, 2.24) is 9.59 Å². The van der Waals surface area contributed by atoms with Gasteiger partial charge in [-0.15, -0.1) is 5.10 Å². The Morgan fingerprint density at radius 3 is 2.74 bits per heavy atom. The van der Waals surface area contributed by atoms with Crippen LogP contribution >= 0.6 is 23.1 Å². The molecule has 0 bridgehead atoms. The molecule has 0 fully saturated rings. The van der Waals surface area contributed by atoms with E-state index in [0.717, 1.165) is 26.7 Å².